The molecule has 0 amide bonds. The molecule has 0 aromatic heterocycles. The molecule has 1 N–H and O–H groups in total. The predicted octanol–water partition coefficient (Wildman–Crippen LogP) is 5.58. The number of hydrogen-bond acceptors (Lipinski definition) is 1. The Hall–Kier alpha value is -1.67. The molecule has 0 saturated carbocycles. The summed E-state index contributed by atoms with van der Waals surface area (Å²) in [5.74, 6) is -0.101. The van der Waals surface area contributed by atoms with Crippen molar-refractivity contribution in [3.05, 3.63) is 70.1 Å². The van der Waals surface area contributed by atoms with Crippen LogP contribution in [0.2, 0.25) is 0 Å². The Morgan fingerprint density at radius 3 is 2.56 bits per heavy atom. The molecule has 1 nitrogen and oxygen atoms in total. The predicted molar refractivity (Wildman–Crippen MR) is 104 cm³/mol. The number of nitrogens with one attached hydrogen (secondary N) is 1. The van der Waals surface area contributed by atoms with Crippen molar-refractivity contribution < 1.29 is 4.39 Å². The van der Waals surface area contributed by atoms with Crippen LogP contribution in [0.4, 0.5) is 4.39 Å². The van der Waals surface area contributed by atoms with Gasteiger partial charge in [0.2, 0.25) is 0 Å². The van der Waals surface area contributed by atoms with Crippen LogP contribution in [0.1, 0.15) is 50.3 Å². The molecule has 3 rings (SSSR count). The third kappa shape index (κ3) is 2.45. The highest BCUT2D eigenvalue weighted by Crippen LogP contribution is 2.59. The minimum absolute atomic E-state index is 0.0552. The molecular weight excluding hydrogens is 309 g/mol. The van der Waals surface area contributed by atoms with E-state index in [9.17, 15) is 4.39 Å². The van der Waals surface area contributed by atoms with E-state index in [-0.39, 0.29) is 16.8 Å². The van der Waals surface area contributed by atoms with E-state index in [1.807, 2.05) is 13.8 Å². The van der Waals surface area contributed by atoms with Gasteiger partial charge in [0.1, 0.15) is 5.82 Å². The number of fused-ring (bicyclic) bond motifs is 1. The highest BCUT2D eigenvalue weighted by molar-refractivity contribution is 5.62. The molecule has 1 saturated heterocycles. The number of aryl methyl sites for hydroxylation is 2. The zero-order chi connectivity index (χ0) is 18.6. The van der Waals surface area contributed by atoms with Crippen molar-refractivity contribution in [2.75, 3.05) is 6.54 Å². The summed E-state index contributed by atoms with van der Waals surface area (Å²) >= 11 is 0. The van der Waals surface area contributed by atoms with Gasteiger partial charge in [0.25, 0.3) is 0 Å². The molecule has 1 aromatic carbocycles. The van der Waals surface area contributed by atoms with Crippen LogP contribution in [0.5, 0.6) is 0 Å². The smallest absolute Gasteiger partial charge is 0.127 e. The molecule has 1 fully saturated rings. The summed E-state index contributed by atoms with van der Waals surface area (Å²) in [7, 11) is 0. The van der Waals surface area contributed by atoms with E-state index in [1.165, 1.54) is 11.1 Å². The third-order valence-electron chi connectivity index (χ3n) is 6.67. The Morgan fingerprint density at radius 1 is 1.28 bits per heavy atom. The summed E-state index contributed by atoms with van der Waals surface area (Å²) in [4.78, 5) is 0. The molecule has 0 spiro atoms. The molecule has 25 heavy (non-hydrogen) atoms. The second kappa shape index (κ2) is 5.95. The molecule has 2 atom stereocenters. The molecule has 2 aliphatic rings. The van der Waals surface area contributed by atoms with Crippen LogP contribution < -0.4 is 5.32 Å². The molecule has 0 radical (unpaired) electrons. The lowest BCUT2D eigenvalue weighted by Gasteiger charge is -2.50. The van der Waals surface area contributed by atoms with Gasteiger partial charge in [0, 0.05) is 5.41 Å². The quantitative estimate of drug-likeness (QED) is 0.758. The van der Waals surface area contributed by atoms with Crippen LogP contribution in [0.25, 0.3) is 0 Å². The van der Waals surface area contributed by atoms with Gasteiger partial charge in [-0.2, -0.15) is 0 Å². The molecule has 2 unspecified atom stereocenters. The number of allylic oxidation sites excluding steroid dienone is 1. The van der Waals surface area contributed by atoms with Crippen molar-refractivity contribution in [2.45, 2.75) is 59.4 Å². The van der Waals surface area contributed by atoms with Crippen molar-refractivity contribution in [1.82, 2.24) is 5.32 Å². The van der Waals surface area contributed by atoms with Gasteiger partial charge in [-0.05, 0) is 87.4 Å². The minimum Gasteiger partial charge on any atom is -0.306 e. The number of benzene rings is 1. The molecule has 1 aliphatic heterocycles. The third-order valence-corrected chi connectivity index (χ3v) is 6.67. The standard InChI is InChI=1S/C23H30FN/c1-14(2)21-17(5)22(7)9-8-10-25-23(22,18(21)6)13-19-16(4)11-15(3)12-20(19)24/h11-12,25H,1,6,8-10,13H2,2-5,7H3. The lowest BCUT2D eigenvalue weighted by Crippen LogP contribution is -2.61. The summed E-state index contributed by atoms with van der Waals surface area (Å²) in [5.41, 5.74) is 7.10. The first kappa shape index (κ1) is 18.1. The van der Waals surface area contributed by atoms with Gasteiger partial charge in [-0.15, -0.1) is 0 Å². The minimum atomic E-state index is -0.329. The maximum atomic E-state index is 14.8. The molecule has 2 heteroatoms. The van der Waals surface area contributed by atoms with E-state index in [2.05, 4.69) is 45.3 Å². The Kier molecular flexibility index (Phi) is 4.31. The topological polar surface area (TPSA) is 12.0 Å². The van der Waals surface area contributed by atoms with Crippen molar-refractivity contribution in [3.63, 3.8) is 0 Å². The van der Waals surface area contributed by atoms with E-state index in [0.29, 0.717) is 6.42 Å². The number of piperidine rings is 1. The zero-order valence-corrected chi connectivity index (χ0v) is 16.3. The van der Waals surface area contributed by atoms with Gasteiger partial charge in [-0.3, -0.25) is 0 Å². The van der Waals surface area contributed by atoms with Gasteiger partial charge in [-0.25, -0.2) is 4.39 Å². The SMILES string of the molecule is C=C(C)C1=C(C)C2(C)CCCNC2(Cc2c(C)cc(C)cc2F)C1=C. The van der Waals surface area contributed by atoms with Crippen LogP contribution >= 0.6 is 0 Å². The van der Waals surface area contributed by atoms with E-state index in [4.69, 9.17) is 0 Å². The second-order valence-electron chi connectivity index (χ2n) is 8.25. The molecule has 134 valence electrons. The number of rotatable bonds is 3. The normalized spacial score (nSPS) is 29.1. The van der Waals surface area contributed by atoms with Crippen LogP contribution in [-0.2, 0) is 6.42 Å². The number of halogens is 1. The van der Waals surface area contributed by atoms with Gasteiger partial charge in [0.15, 0.2) is 0 Å². The maximum Gasteiger partial charge on any atom is 0.127 e. The summed E-state index contributed by atoms with van der Waals surface area (Å²) in [5, 5.41) is 3.77. The average Bonchev–Trinajstić information content (AvgIpc) is 2.68. The highest BCUT2D eigenvalue weighted by atomic mass is 19.1. The van der Waals surface area contributed by atoms with Crippen molar-refractivity contribution in [2.24, 2.45) is 5.41 Å². The largest absolute Gasteiger partial charge is 0.306 e. The monoisotopic (exact) mass is 339 g/mol. The maximum absolute atomic E-state index is 14.8. The lowest BCUT2D eigenvalue weighted by atomic mass is 9.61. The van der Waals surface area contributed by atoms with Crippen molar-refractivity contribution in [1.29, 1.82) is 0 Å². The molecular formula is C23H30FN. The summed E-state index contributed by atoms with van der Waals surface area (Å²) in [6, 6.07) is 3.73. The summed E-state index contributed by atoms with van der Waals surface area (Å²) in [6.45, 7) is 20.1. The molecule has 0 bridgehead atoms. The number of hydrogen-bond donors (Lipinski definition) is 1. The Bertz CT molecular complexity index is 777. The second-order valence-corrected chi connectivity index (χ2v) is 8.25. The summed E-state index contributed by atoms with van der Waals surface area (Å²) in [6.07, 6.45) is 2.85. The lowest BCUT2D eigenvalue weighted by molar-refractivity contribution is 0.137. The van der Waals surface area contributed by atoms with Crippen LogP contribution in [0.15, 0.2) is 47.6 Å². The van der Waals surface area contributed by atoms with Crippen LogP contribution in [0, 0.1) is 25.1 Å². The highest BCUT2D eigenvalue weighted by Gasteiger charge is 2.58. The van der Waals surface area contributed by atoms with Crippen LogP contribution in [-0.4, -0.2) is 12.1 Å². The van der Waals surface area contributed by atoms with E-state index < -0.39 is 0 Å². The fraction of sp³-hybridized carbons (Fsp3) is 0.478. The van der Waals surface area contributed by atoms with Crippen molar-refractivity contribution in [3.8, 4) is 0 Å². The first-order valence-electron chi connectivity index (χ1n) is 9.22. The fourth-order valence-corrected chi connectivity index (χ4v) is 5.19. The van der Waals surface area contributed by atoms with Gasteiger partial charge < -0.3 is 5.32 Å². The van der Waals surface area contributed by atoms with Crippen molar-refractivity contribution >= 4 is 0 Å². The first-order valence-corrected chi connectivity index (χ1v) is 9.22. The molecule has 1 heterocycles. The molecule has 1 aromatic rings. The first-order chi connectivity index (χ1) is 11.6. The Balaban J connectivity index is 2.16. The van der Waals surface area contributed by atoms with Gasteiger partial charge >= 0.3 is 0 Å². The van der Waals surface area contributed by atoms with Gasteiger partial charge in [-0.1, -0.05) is 37.3 Å². The van der Waals surface area contributed by atoms with E-state index >= 15 is 0 Å². The van der Waals surface area contributed by atoms with E-state index in [1.54, 1.807) is 6.07 Å². The Labute approximate surface area is 151 Å². The summed E-state index contributed by atoms with van der Waals surface area (Å²) < 4.78 is 14.8. The average molecular weight is 339 g/mol. The Morgan fingerprint density at radius 2 is 1.96 bits per heavy atom. The van der Waals surface area contributed by atoms with E-state index in [0.717, 1.165) is 47.2 Å². The van der Waals surface area contributed by atoms with Crippen LogP contribution in [0.3, 0.4) is 0 Å². The molecule has 1 aliphatic carbocycles. The van der Waals surface area contributed by atoms with Gasteiger partial charge in [0.05, 0.1) is 5.54 Å². The fourth-order valence-electron chi connectivity index (χ4n) is 5.19. The zero-order valence-electron chi connectivity index (χ0n) is 16.3.